The molecule has 70 heavy (non-hydrogen) atoms. The van der Waals surface area contributed by atoms with Crippen LogP contribution in [0.25, 0.3) is 0 Å². The maximum absolute atomic E-state index is 13.7. The number of nitrogens with one attached hydrogen (secondary N) is 2. The second kappa shape index (κ2) is 27.0. The van der Waals surface area contributed by atoms with Gasteiger partial charge in [0.25, 0.3) is 0 Å². The van der Waals surface area contributed by atoms with E-state index in [4.69, 9.17) is 28.4 Å². The minimum absolute atomic E-state index is 0.0146. The number of likely N-dealkylation sites (tertiary alicyclic amines) is 2. The molecule has 0 spiro atoms. The first kappa shape index (κ1) is 60.6. The zero-order valence-corrected chi connectivity index (χ0v) is 44.1. The van der Waals surface area contributed by atoms with Crippen LogP contribution in [0.5, 0.6) is 0 Å². The molecule has 24 nitrogen and oxygen atoms in total. The number of aliphatic hydroxyl groups excluding tert-OH is 5. The van der Waals surface area contributed by atoms with E-state index < -0.39 is 160 Å². The molecule has 0 aromatic heterocycles. The lowest BCUT2D eigenvalue weighted by Gasteiger charge is -2.48. The van der Waals surface area contributed by atoms with E-state index in [9.17, 15) is 60.4 Å². The molecule has 27 heteroatoms. The van der Waals surface area contributed by atoms with Gasteiger partial charge in [0.1, 0.15) is 33.7 Å². The Morgan fingerprint density at radius 2 is 1.29 bits per heavy atom. The number of carbonyl (C=O) groups is 2. The summed E-state index contributed by atoms with van der Waals surface area (Å²) in [6, 6.07) is -3.07. The van der Waals surface area contributed by atoms with Gasteiger partial charge in [-0.1, -0.05) is 0 Å². The third kappa shape index (κ3) is 17.6. The molecule has 0 aliphatic carbocycles. The first-order chi connectivity index (χ1) is 32.7. The third-order valence-electron chi connectivity index (χ3n) is 13.4. The number of urea groups is 1. The molecule has 4 aliphatic rings. The van der Waals surface area contributed by atoms with Crippen LogP contribution < -0.4 is 10.0 Å². The van der Waals surface area contributed by atoms with Crippen molar-refractivity contribution >= 4 is 41.8 Å². The average Bonchev–Trinajstić information content (AvgIpc) is 3.28. The van der Waals surface area contributed by atoms with Gasteiger partial charge in [0.2, 0.25) is 26.0 Å². The topological polar surface area (TPSA) is 327 Å². The van der Waals surface area contributed by atoms with Crippen LogP contribution in [0.3, 0.4) is 0 Å². The van der Waals surface area contributed by atoms with Gasteiger partial charge in [0.15, 0.2) is 6.29 Å². The quantitative estimate of drug-likeness (QED) is 0.0487. The Hall–Kier alpha value is -1.93. The number of hydrogen-bond donors (Lipinski definition) is 7. The summed E-state index contributed by atoms with van der Waals surface area (Å²) in [5.41, 5.74) is -2.12. The number of aliphatic hydroxyl groups is 5. The van der Waals surface area contributed by atoms with Crippen LogP contribution in [0, 0.1) is 0 Å². The summed E-state index contributed by atoms with van der Waals surface area (Å²) in [5.74, 6) is -0.686. The Balaban J connectivity index is 1.65. The molecule has 410 valence electrons. The molecule has 4 fully saturated rings. The van der Waals surface area contributed by atoms with Gasteiger partial charge in [-0.2, -0.15) is 4.31 Å². The van der Waals surface area contributed by atoms with E-state index in [1.165, 1.54) is 11.2 Å². The Labute approximate surface area is 414 Å². The molecule has 4 rings (SSSR count). The summed E-state index contributed by atoms with van der Waals surface area (Å²) < 4.78 is 118. The number of ether oxygens (including phenoxy) is 6. The highest BCUT2D eigenvalue weighted by Crippen LogP contribution is 2.35. The van der Waals surface area contributed by atoms with Crippen molar-refractivity contribution in [2.45, 2.75) is 170 Å². The second-order valence-corrected chi connectivity index (χ2v) is 25.4. The third-order valence-corrected chi connectivity index (χ3v) is 16.3. The smallest absolute Gasteiger partial charge is 0.317 e. The summed E-state index contributed by atoms with van der Waals surface area (Å²) in [6.45, 7) is 3.20. The van der Waals surface area contributed by atoms with Crippen LogP contribution in [0.4, 0.5) is 4.79 Å². The van der Waals surface area contributed by atoms with E-state index >= 15 is 0 Å². The highest BCUT2D eigenvalue weighted by molar-refractivity contribution is 7.90. The number of nitrogens with zero attached hydrogens (tertiary/aromatic N) is 3. The van der Waals surface area contributed by atoms with E-state index in [1.54, 1.807) is 30.6 Å². The molecule has 4 heterocycles. The number of sulfone groups is 1. The lowest BCUT2D eigenvalue weighted by Crippen LogP contribution is -2.70. The van der Waals surface area contributed by atoms with Crippen molar-refractivity contribution < 1.29 is 88.8 Å². The van der Waals surface area contributed by atoms with Crippen molar-refractivity contribution in [1.82, 2.24) is 24.1 Å². The van der Waals surface area contributed by atoms with Crippen LogP contribution in [0.2, 0.25) is 0 Å². The molecule has 0 aromatic carbocycles. The van der Waals surface area contributed by atoms with Gasteiger partial charge in [-0.15, -0.1) is 0 Å². The first-order valence-electron chi connectivity index (χ1n) is 24.2. The Morgan fingerprint density at radius 1 is 0.729 bits per heavy atom. The molecule has 0 bridgehead atoms. The Kier molecular flexibility index (Phi) is 23.4. The SMILES string of the molecule is CC(=O)N1CCC(OC(CO)C2CC(OC(CO)C3CC(OC(CO)C(COC4CCCCO4)(NS(C)(=O)=O)C(CO)OCCS(C)(=O)=O)CCN3S(C)(=O)=O)CCN2C(=O)NC(C)C)CC1C(C)O. The fourth-order valence-electron chi connectivity index (χ4n) is 10.0. The first-order valence-corrected chi connectivity index (χ1v) is 30.0. The molecule has 0 radical (unpaired) electrons. The van der Waals surface area contributed by atoms with E-state index in [1.807, 2.05) is 0 Å². The van der Waals surface area contributed by atoms with Crippen LogP contribution in [-0.2, 0) is 63.1 Å². The predicted molar refractivity (Wildman–Crippen MR) is 254 cm³/mol. The lowest BCUT2D eigenvalue weighted by molar-refractivity contribution is -0.210. The maximum atomic E-state index is 13.7. The number of hydrogen-bond acceptors (Lipinski definition) is 19. The van der Waals surface area contributed by atoms with Crippen molar-refractivity contribution in [2.24, 2.45) is 0 Å². The van der Waals surface area contributed by atoms with Crippen LogP contribution in [0.1, 0.15) is 85.5 Å². The zero-order valence-electron chi connectivity index (χ0n) is 41.7. The fraction of sp³-hybridized carbons (Fsp3) is 0.953. The molecule has 7 N–H and O–H groups in total. The van der Waals surface area contributed by atoms with Crippen molar-refractivity contribution in [2.75, 3.05) is 90.4 Å². The highest BCUT2D eigenvalue weighted by atomic mass is 32.2. The Morgan fingerprint density at radius 3 is 1.79 bits per heavy atom. The van der Waals surface area contributed by atoms with Gasteiger partial charge in [0, 0.05) is 45.5 Å². The number of rotatable bonds is 26. The monoisotopic (exact) mass is 1070 g/mol. The van der Waals surface area contributed by atoms with Crippen LogP contribution in [-0.4, -0.2) is 252 Å². The summed E-state index contributed by atoms with van der Waals surface area (Å²) >= 11 is 0. The molecule has 0 aromatic rings. The molecular formula is C43H81N5O19S3. The van der Waals surface area contributed by atoms with E-state index in [-0.39, 0.29) is 57.1 Å². The van der Waals surface area contributed by atoms with Gasteiger partial charge >= 0.3 is 6.03 Å². The van der Waals surface area contributed by atoms with Crippen molar-refractivity contribution in [3.05, 3.63) is 0 Å². The molecule has 0 saturated carbocycles. The van der Waals surface area contributed by atoms with Crippen LogP contribution >= 0.6 is 0 Å². The summed E-state index contributed by atoms with van der Waals surface area (Å²) in [7, 11) is -11.8. The minimum Gasteiger partial charge on any atom is -0.394 e. The number of sulfonamides is 2. The van der Waals surface area contributed by atoms with E-state index in [2.05, 4.69) is 10.0 Å². The number of piperidine rings is 3. The fourth-order valence-corrected chi connectivity index (χ4v) is 12.6. The van der Waals surface area contributed by atoms with Crippen molar-refractivity contribution in [3.63, 3.8) is 0 Å². The van der Waals surface area contributed by atoms with Gasteiger partial charge in [-0.25, -0.2) is 34.8 Å². The average molecular weight is 1070 g/mol. The largest absolute Gasteiger partial charge is 0.394 e. The summed E-state index contributed by atoms with van der Waals surface area (Å²) in [5, 5.41) is 57.1. The number of carbonyl (C=O) groups excluding carboxylic acids is 2. The van der Waals surface area contributed by atoms with E-state index in [0.29, 0.717) is 26.0 Å². The van der Waals surface area contributed by atoms with E-state index in [0.717, 1.165) is 31.6 Å². The van der Waals surface area contributed by atoms with Crippen molar-refractivity contribution in [1.29, 1.82) is 0 Å². The highest BCUT2D eigenvalue weighted by Gasteiger charge is 2.52. The van der Waals surface area contributed by atoms with Crippen LogP contribution in [0.15, 0.2) is 0 Å². The standard InChI is InChI=1S/C43H81N5O19S3/c1-28(2)44-42(55)47-15-12-32(21-35(47)37(23-49)65-31-11-14-46(30(4)54)34(20-31)29(3)53)66-38(24-50)36-22-33(13-16-48(36)70(7,60)61)67-40(26-52)43(45-69(6,58)59,27-64-41-10-8-9-17-63-41)39(25-51)62-18-19-68(5,56)57/h28-29,31-41,45,49-53H,8-27H2,1-7H3,(H,44,55). The lowest BCUT2D eigenvalue weighted by atomic mass is 9.87. The molecule has 3 amide bonds. The number of amides is 3. The molecular weight excluding hydrogens is 987 g/mol. The summed E-state index contributed by atoms with van der Waals surface area (Å²) in [4.78, 5) is 29.2. The summed E-state index contributed by atoms with van der Waals surface area (Å²) in [6.07, 6.45) is -3.52. The maximum Gasteiger partial charge on any atom is 0.317 e. The van der Waals surface area contributed by atoms with Gasteiger partial charge in [0.05, 0.1) is 107 Å². The molecule has 13 unspecified atom stereocenters. The minimum atomic E-state index is -4.25. The van der Waals surface area contributed by atoms with Gasteiger partial charge < -0.3 is 69.1 Å². The predicted octanol–water partition coefficient (Wildman–Crippen LogP) is -2.12. The molecule has 13 atom stereocenters. The van der Waals surface area contributed by atoms with Gasteiger partial charge in [-0.05, 0) is 78.6 Å². The second-order valence-electron chi connectivity index (χ2n) is 19.5. The molecule has 4 aliphatic heterocycles. The van der Waals surface area contributed by atoms with Crippen molar-refractivity contribution in [3.8, 4) is 0 Å². The Bertz CT molecular complexity index is 1980. The zero-order chi connectivity index (χ0) is 52.2. The normalized spacial score (nSPS) is 28.7. The van der Waals surface area contributed by atoms with Gasteiger partial charge in [-0.3, -0.25) is 4.79 Å². The molecule has 4 saturated heterocycles.